The maximum Gasteiger partial charge on any atom is 0.312 e. The third kappa shape index (κ3) is 3.33. The van der Waals surface area contributed by atoms with Crippen LogP contribution in [-0.2, 0) is 17.6 Å². The minimum Gasteiger partial charge on any atom is -0.481 e. The number of nitrogens with zero attached hydrogens (tertiary/aromatic N) is 3. The van der Waals surface area contributed by atoms with Crippen molar-refractivity contribution in [3.8, 4) is 10.4 Å². The normalized spacial score (nSPS) is 11.3. The summed E-state index contributed by atoms with van der Waals surface area (Å²) < 4.78 is 21.2. The first-order valence-electron chi connectivity index (χ1n) is 7.36. The predicted molar refractivity (Wildman–Crippen MR) is 96.3 cm³/mol. The summed E-state index contributed by atoms with van der Waals surface area (Å²) in [5, 5.41) is 16.8. The average molecular weight is 410 g/mol. The molecule has 1 N–H and O–H groups in total. The van der Waals surface area contributed by atoms with Gasteiger partial charge in [-0.3, -0.25) is 4.79 Å². The zero-order valence-corrected chi connectivity index (χ0v) is 15.3. The highest BCUT2D eigenvalue weighted by atomic mass is 35.5. The topological polar surface area (TPSA) is 89.1 Å². The molecule has 0 aliphatic carbocycles. The molecule has 0 radical (unpaired) electrons. The van der Waals surface area contributed by atoms with Gasteiger partial charge in [-0.15, -0.1) is 32.9 Å². The van der Waals surface area contributed by atoms with E-state index in [4.69, 9.17) is 21.1 Å². The van der Waals surface area contributed by atoms with Crippen LogP contribution in [0.5, 0.6) is 0 Å². The Bertz CT molecular complexity index is 1120. The van der Waals surface area contributed by atoms with E-state index in [1.165, 1.54) is 22.7 Å². The minimum absolute atomic E-state index is 0.0247. The number of carboxylic acid groups (broad SMARTS) is 1. The number of aliphatic carboxylic acids is 1. The Morgan fingerprint density at radius 2 is 2.00 bits per heavy atom. The van der Waals surface area contributed by atoms with E-state index in [-0.39, 0.29) is 30.4 Å². The van der Waals surface area contributed by atoms with Gasteiger partial charge in [0, 0.05) is 10.4 Å². The second-order valence-corrected chi connectivity index (χ2v) is 8.12. The molecule has 0 saturated carbocycles. The molecule has 0 aliphatic rings. The first-order valence-corrected chi connectivity index (χ1v) is 9.37. The van der Waals surface area contributed by atoms with Gasteiger partial charge in [0.15, 0.2) is 5.82 Å². The van der Waals surface area contributed by atoms with Crippen LogP contribution in [0.4, 0.5) is 4.39 Å². The maximum absolute atomic E-state index is 14.9. The number of benzene rings is 1. The van der Waals surface area contributed by atoms with Gasteiger partial charge < -0.3 is 9.52 Å². The van der Waals surface area contributed by atoms with Gasteiger partial charge in [0.2, 0.25) is 11.8 Å². The lowest BCUT2D eigenvalue weighted by atomic mass is 10.1. The molecule has 132 valence electrons. The Hall–Kier alpha value is -2.36. The second-order valence-electron chi connectivity index (χ2n) is 5.32. The summed E-state index contributed by atoms with van der Waals surface area (Å²) >= 11 is 8.44. The third-order valence-electron chi connectivity index (χ3n) is 3.49. The Labute approximate surface area is 158 Å². The summed E-state index contributed by atoms with van der Waals surface area (Å²) in [6.45, 7) is 0. The predicted octanol–water partition coefficient (Wildman–Crippen LogP) is 4.42. The molecule has 0 unspecified atom stereocenters. The van der Waals surface area contributed by atoms with E-state index >= 15 is 0 Å². The molecule has 0 bridgehead atoms. The van der Waals surface area contributed by atoms with Crippen LogP contribution < -0.4 is 0 Å². The number of thiophene rings is 1. The molecule has 26 heavy (non-hydrogen) atoms. The van der Waals surface area contributed by atoms with Gasteiger partial charge in [-0.2, -0.15) is 0 Å². The highest BCUT2D eigenvalue weighted by Crippen LogP contribution is 2.37. The number of carboxylic acids is 1. The van der Waals surface area contributed by atoms with Crippen molar-refractivity contribution < 1.29 is 18.7 Å². The second kappa shape index (κ2) is 6.75. The third-order valence-corrected chi connectivity index (χ3v) is 5.82. The summed E-state index contributed by atoms with van der Waals surface area (Å²) in [6.07, 6.45) is -0.125. The van der Waals surface area contributed by atoms with Crippen LogP contribution >= 0.6 is 34.3 Å². The summed E-state index contributed by atoms with van der Waals surface area (Å²) in [5.41, 5.74) is 1.02. The van der Waals surface area contributed by atoms with Crippen molar-refractivity contribution in [2.45, 2.75) is 12.8 Å². The number of carbonyl (C=O) groups is 1. The van der Waals surface area contributed by atoms with Crippen LogP contribution in [-0.4, -0.2) is 26.3 Å². The summed E-state index contributed by atoms with van der Waals surface area (Å²) in [4.78, 5) is 15.8. The van der Waals surface area contributed by atoms with Crippen LogP contribution in [0.3, 0.4) is 0 Å². The van der Waals surface area contributed by atoms with E-state index < -0.39 is 5.97 Å². The summed E-state index contributed by atoms with van der Waals surface area (Å²) in [7, 11) is 0. The van der Waals surface area contributed by atoms with Crippen molar-refractivity contribution in [3.63, 3.8) is 0 Å². The molecule has 0 saturated heterocycles. The van der Waals surface area contributed by atoms with Gasteiger partial charge >= 0.3 is 5.97 Å². The highest BCUT2D eigenvalue weighted by Gasteiger charge is 2.17. The standard InChI is InChI=1S/C16H9ClFN3O3S2/c17-10-4-3-9(25-10)7-1-2-8-16(15(7)18)26-13(19-8)5-11-20-21-12(24-11)6-14(22)23/h1-4H,5-6H2,(H,22,23). The number of rotatable bonds is 5. The first kappa shape index (κ1) is 17.1. The fourth-order valence-electron chi connectivity index (χ4n) is 2.42. The fourth-order valence-corrected chi connectivity index (χ4v) is 4.48. The number of aromatic nitrogens is 3. The van der Waals surface area contributed by atoms with Crippen molar-refractivity contribution in [1.29, 1.82) is 0 Å². The molecule has 4 aromatic rings. The number of halogens is 2. The van der Waals surface area contributed by atoms with E-state index in [2.05, 4.69) is 15.2 Å². The van der Waals surface area contributed by atoms with Crippen molar-refractivity contribution in [1.82, 2.24) is 15.2 Å². The summed E-state index contributed by atoms with van der Waals surface area (Å²) in [5.74, 6) is -1.13. The Morgan fingerprint density at radius 1 is 1.19 bits per heavy atom. The van der Waals surface area contributed by atoms with Crippen LogP contribution in [0, 0.1) is 5.82 Å². The fraction of sp³-hybridized carbons (Fsp3) is 0.125. The monoisotopic (exact) mass is 409 g/mol. The number of hydrogen-bond acceptors (Lipinski definition) is 7. The zero-order chi connectivity index (χ0) is 18.3. The molecule has 0 spiro atoms. The zero-order valence-electron chi connectivity index (χ0n) is 12.9. The van der Waals surface area contributed by atoms with Crippen LogP contribution in [0.15, 0.2) is 28.7 Å². The van der Waals surface area contributed by atoms with Crippen molar-refractivity contribution >= 4 is 50.5 Å². The number of fused-ring (bicyclic) bond motifs is 1. The average Bonchev–Trinajstić information content (AvgIpc) is 3.28. The Kier molecular flexibility index (Phi) is 4.43. The maximum atomic E-state index is 14.9. The summed E-state index contributed by atoms with van der Waals surface area (Å²) in [6, 6.07) is 6.95. The quantitative estimate of drug-likeness (QED) is 0.525. The highest BCUT2D eigenvalue weighted by molar-refractivity contribution is 7.20. The van der Waals surface area contributed by atoms with Crippen LogP contribution in [0.1, 0.15) is 16.8 Å². The number of thiazole rings is 1. The van der Waals surface area contributed by atoms with Crippen molar-refractivity contribution in [2.75, 3.05) is 0 Å². The molecule has 10 heteroatoms. The van der Waals surface area contributed by atoms with Gasteiger partial charge in [0.1, 0.15) is 11.4 Å². The Balaban J connectivity index is 1.64. The van der Waals surface area contributed by atoms with Gasteiger partial charge in [-0.05, 0) is 24.3 Å². The van der Waals surface area contributed by atoms with Gasteiger partial charge in [-0.1, -0.05) is 11.6 Å². The lowest BCUT2D eigenvalue weighted by Crippen LogP contribution is -1.99. The first-order chi connectivity index (χ1) is 12.5. The van der Waals surface area contributed by atoms with Gasteiger partial charge in [-0.25, -0.2) is 9.37 Å². The molecular formula is C16H9ClFN3O3S2. The molecule has 0 fully saturated rings. The lowest BCUT2D eigenvalue weighted by molar-refractivity contribution is -0.136. The van der Waals surface area contributed by atoms with Crippen molar-refractivity contribution in [3.05, 3.63) is 51.2 Å². The van der Waals surface area contributed by atoms with E-state index in [1.54, 1.807) is 24.3 Å². The van der Waals surface area contributed by atoms with E-state index in [1.807, 2.05) is 0 Å². The minimum atomic E-state index is -1.05. The van der Waals surface area contributed by atoms with E-state index in [0.717, 1.165) is 4.88 Å². The molecule has 0 amide bonds. The molecule has 4 rings (SSSR count). The van der Waals surface area contributed by atoms with E-state index in [9.17, 15) is 9.18 Å². The van der Waals surface area contributed by atoms with Gasteiger partial charge in [0.25, 0.3) is 0 Å². The molecule has 0 atom stereocenters. The molecule has 0 aliphatic heterocycles. The van der Waals surface area contributed by atoms with Gasteiger partial charge in [0.05, 0.1) is 21.0 Å². The largest absolute Gasteiger partial charge is 0.481 e. The Morgan fingerprint density at radius 3 is 2.73 bits per heavy atom. The molecule has 3 heterocycles. The SMILES string of the molecule is O=C(O)Cc1nnc(Cc2nc3ccc(-c4ccc(Cl)s4)c(F)c3s2)o1. The van der Waals surface area contributed by atoms with Crippen LogP contribution in [0.2, 0.25) is 4.34 Å². The van der Waals surface area contributed by atoms with Crippen molar-refractivity contribution in [2.24, 2.45) is 0 Å². The molecular weight excluding hydrogens is 401 g/mol. The molecule has 3 aromatic heterocycles. The van der Waals surface area contributed by atoms with Crippen LogP contribution in [0.25, 0.3) is 20.7 Å². The molecule has 6 nitrogen and oxygen atoms in total. The lowest BCUT2D eigenvalue weighted by Gasteiger charge is -2.00. The smallest absolute Gasteiger partial charge is 0.312 e. The number of hydrogen-bond donors (Lipinski definition) is 1. The van der Waals surface area contributed by atoms with E-state index in [0.29, 0.717) is 25.1 Å². The molecule has 1 aromatic carbocycles.